The summed E-state index contributed by atoms with van der Waals surface area (Å²) in [5, 5.41) is 3.32. The normalized spacial score (nSPS) is 29.0. The van der Waals surface area contributed by atoms with Crippen LogP contribution in [0.25, 0.3) is 0 Å². The molecule has 1 aromatic carbocycles. The molecular weight excluding hydrogens is 264 g/mol. The van der Waals surface area contributed by atoms with Gasteiger partial charge >= 0.3 is 6.09 Å². The predicted octanol–water partition coefficient (Wildman–Crippen LogP) is 2.98. The molecule has 3 aliphatic rings. The number of ether oxygens (including phenoxy) is 1. The van der Waals surface area contributed by atoms with Gasteiger partial charge in [0.05, 0.1) is 0 Å². The van der Waals surface area contributed by atoms with E-state index in [2.05, 4.69) is 10.2 Å². The molecule has 4 rings (SSSR count). The fourth-order valence-corrected chi connectivity index (χ4v) is 3.09. The Kier molecular flexibility index (Phi) is 3.62. The van der Waals surface area contributed by atoms with Gasteiger partial charge in [-0.2, -0.15) is 0 Å². The Bertz CT molecular complexity index is 472. The van der Waals surface area contributed by atoms with Crippen molar-refractivity contribution in [1.82, 2.24) is 4.90 Å². The number of carbonyl (C=O) groups excluding carboxylic acids is 1. The van der Waals surface area contributed by atoms with Crippen molar-refractivity contribution in [3.8, 4) is 0 Å². The molecule has 1 atom stereocenters. The molecule has 3 saturated heterocycles. The Morgan fingerprint density at radius 3 is 2.79 bits per heavy atom. The van der Waals surface area contributed by atoms with Gasteiger partial charge in [0.1, 0.15) is 6.10 Å². The summed E-state index contributed by atoms with van der Waals surface area (Å²) in [5.41, 5.74) is 0.666. The van der Waals surface area contributed by atoms with Gasteiger partial charge in [0.25, 0.3) is 0 Å². The number of piperidine rings is 3. The summed E-state index contributed by atoms with van der Waals surface area (Å²) in [5.74, 6) is 0.523. The fraction of sp³-hybridized carbons (Fsp3) is 0.500. The molecule has 19 heavy (non-hydrogen) atoms. The van der Waals surface area contributed by atoms with Gasteiger partial charge in [-0.15, -0.1) is 0 Å². The summed E-state index contributed by atoms with van der Waals surface area (Å²) in [7, 11) is 0. The second-order valence-electron chi connectivity index (χ2n) is 5.22. The largest absolute Gasteiger partial charge is 0.444 e. The molecule has 102 valence electrons. The number of hydrogen-bond donors (Lipinski definition) is 1. The highest BCUT2D eigenvalue weighted by molar-refractivity contribution is 6.30. The first kappa shape index (κ1) is 12.8. The number of benzene rings is 1. The summed E-state index contributed by atoms with van der Waals surface area (Å²) < 4.78 is 5.53. The predicted molar refractivity (Wildman–Crippen MR) is 74.5 cm³/mol. The zero-order valence-electron chi connectivity index (χ0n) is 10.6. The monoisotopic (exact) mass is 280 g/mol. The number of nitrogens with zero attached hydrogens (tertiary/aromatic N) is 1. The third-order valence-electron chi connectivity index (χ3n) is 3.93. The van der Waals surface area contributed by atoms with Gasteiger partial charge in [0.2, 0.25) is 0 Å². The van der Waals surface area contributed by atoms with E-state index in [0.717, 1.165) is 32.5 Å². The smallest absolute Gasteiger partial charge is 0.411 e. The molecule has 3 fully saturated rings. The maximum atomic E-state index is 11.9. The Morgan fingerprint density at radius 1 is 1.37 bits per heavy atom. The number of amides is 1. The van der Waals surface area contributed by atoms with E-state index in [4.69, 9.17) is 16.3 Å². The molecule has 0 unspecified atom stereocenters. The van der Waals surface area contributed by atoms with Crippen LogP contribution < -0.4 is 5.32 Å². The molecule has 0 spiro atoms. The van der Waals surface area contributed by atoms with Crippen molar-refractivity contribution in [2.45, 2.75) is 18.9 Å². The summed E-state index contributed by atoms with van der Waals surface area (Å²) >= 11 is 5.87. The maximum absolute atomic E-state index is 11.9. The van der Waals surface area contributed by atoms with Crippen molar-refractivity contribution in [2.24, 2.45) is 5.92 Å². The molecule has 0 radical (unpaired) electrons. The minimum Gasteiger partial charge on any atom is -0.444 e. The lowest BCUT2D eigenvalue weighted by Crippen LogP contribution is -2.52. The first-order valence-electron chi connectivity index (χ1n) is 6.66. The summed E-state index contributed by atoms with van der Waals surface area (Å²) in [4.78, 5) is 14.2. The van der Waals surface area contributed by atoms with Crippen LogP contribution in [0.1, 0.15) is 12.8 Å². The van der Waals surface area contributed by atoms with Crippen LogP contribution in [0.15, 0.2) is 24.3 Å². The number of halogens is 1. The van der Waals surface area contributed by atoms with Gasteiger partial charge in [0.15, 0.2) is 0 Å². The van der Waals surface area contributed by atoms with E-state index in [1.54, 1.807) is 24.3 Å². The minimum absolute atomic E-state index is 0.0293. The molecule has 1 amide bonds. The van der Waals surface area contributed by atoms with E-state index in [1.807, 2.05) is 0 Å². The second kappa shape index (κ2) is 5.39. The third kappa shape index (κ3) is 3.01. The second-order valence-corrected chi connectivity index (χ2v) is 5.65. The number of carbonyl (C=O) groups is 1. The standard InChI is InChI=1S/C14H17ClN2O2/c15-11-2-1-3-12(8-11)16-14(18)19-13-9-17-6-4-10(13)5-7-17/h1-3,8,10,13H,4-7,9H2,(H,16,18)/t13-/m1/s1. The van der Waals surface area contributed by atoms with Crippen molar-refractivity contribution < 1.29 is 9.53 Å². The van der Waals surface area contributed by atoms with E-state index >= 15 is 0 Å². The lowest BCUT2D eigenvalue weighted by molar-refractivity contribution is -0.0289. The Balaban J connectivity index is 1.57. The highest BCUT2D eigenvalue weighted by Gasteiger charge is 2.36. The van der Waals surface area contributed by atoms with Crippen LogP contribution >= 0.6 is 11.6 Å². The van der Waals surface area contributed by atoms with Crippen molar-refractivity contribution in [3.63, 3.8) is 0 Å². The third-order valence-corrected chi connectivity index (χ3v) is 4.16. The topological polar surface area (TPSA) is 41.6 Å². The molecule has 2 bridgehead atoms. The zero-order chi connectivity index (χ0) is 13.2. The van der Waals surface area contributed by atoms with Gasteiger partial charge in [-0.1, -0.05) is 17.7 Å². The SMILES string of the molecule is O=C(Nc1cccc(Cl)c1)O[C@@H]1CN2CCC1CC2. The number of fused-ring (bicyclic) bond motifs is 3. The summed E-state index contributed by atoms with van der Waals surface area (Å²) in [6, 6.07) is 7.07. The Morgan fingerprint density at radius 2 is 2.16 bits per heavy atom. The van der Waals surface area contributed by atoms with Crippen molar-refractivity contribution in [3.05, 3.63) is 29.3 Å². The van der Waals surface area contributed by atoms with E-state index in [9.17, 15) is 4.79 Å². The highest BCUT2D eigenvalue weighted by atomic mass is 35.5. The van der Waals surface area contributed by atoms with Gasteiger partial charge < -0.3 is 4.74 Å². The van der Waals surface area contributed by atoms with Crippen LogP contribution in [0, 0.1) is 5.92 Å². The molecule has 1 N–H and O–H groups in total. The van der Waals surface area contributed by atoms with Gasteiger partial charge in [-0.25, -0.2) is 4.79 Å². The highest BCUT2D eigenvalue weighted by Crippen LogP contribution is 2.29. The number of nitrogens with one attached hydrogen (secondary N) is 1. The fourth-order valence-electron chi connectivity index (χ4n) is 2.90. The summed E-state index contributed by atoms with van der Waals surface area (Å²) in [6.07, 6.45) is 1.91. The molecule has 1 aromatic rings. The lowest BCUT2D eigenvalue weighted by Gasteiger charge is -2.43. The molecule has 0 saturated carbocycles. The molecular formula is C14H17ClN2O2. The number of hydrogen-bond acceptors (Lipinski definition) is 3. The molecule has 0 aromatic heterocycles. The zero-order valence-corrected chi connectivity index (χ0v) is 11.4. The van der Waals surface area contributed by atoms with Crippen LogP contribution in [0.2, 0.25) is 5.02 Å². The van der Waals surface area contributed by atoms with E-state index in [1.165, 1.54) is 0 Å². The lowest BCUT2D eigenvalue weighted by atomic mass is 9.86. The van der Waals surface area contributed by atoms with Gasteiger partial charge in [0, 0.05) is 17.3 Å². The van der Waals surface area contributed by atoms with Crippen LogP contribution in [0.3, 0.4) is 0 Å². The van der Waals surface area contributed by atoms with Crippen molar-refractivity contribution in [2.75, 3.05) is 25.0 Å². The van der Waals surface area contributed by atoms with Crippen molar-refractivity contribution in [1.29, 1.82) is 0 Å². The minimum atomic E-state index is -0.388. The first-order chi connectivity index (χ1) is 9.20. The first-order valence-corrected chi connectivity index (χ1v) is 7.04. The Labute approximate surface area is 117 Å². The maximum Gasteiger partial charge on any atom is 0.411 e. The molecule has 5 heteroatoms. The number of rotatable bonds is 2. The van der Waals surface area contributed by atoms with Crippen LogP contribution in [0.5, 0.6) is 0 Å². The van der Waals surface area contributed by atoms with E-state index in [-0.39, 0.29) is 12.2 Å². The van der Waals surface area contributed by atoms with E-state index in [0.29, 0.717) is 16.6 Å². The van der Waals surface area contributed by atoms with Crippen molar-refractivity contribution >= 4 is 23.4 Å². The Hall–Kier alpha value is -1.26. The molecule has 4 nitrogen and oxygen atoms in total. The van der Waals surface area contributed by atoms with Gasteiger partial charge in [-0.3, -0.25) is 10.2 Å². The summed E-state index contributed by atoms with van der Waals surface area (Å²) in [6.45, 7) is 3.15. The van der Waals surface area contributed by atoms with Crippen LogP contribution in [-0.4, -0.2) is 36.7 Å². The van der Waals surface area contributed by atoms with Gasteiger partial charge in [-0.05, 0) is 50.0 Å². The van der Waals surface area contributed by atoms with Crippen LogP contribution in [-0.2, 0) is 4.74 Å². The molecule has 3 heterocycles. The number of anilines is 1. The molecule has 0 aliphatic carbocycles. The molecule has 3 aliphatic heterocycles. The van der Waals surface area contributed by atoms with E-state index < -0.39 is 0 Å². The quantitative estimate of drug-likeness (QED) is 0.905. The van der Waals surface area contributed by atoms with Crippen LogP contribution in [0.4, 0.5) is 10.5 Å². The average Bonchev–Trinajstić information content (AvgIpc) is 2.40. The average molecular weight is 281 g/mol.